The zero-order chi connectivity index (χ0) is 14.4. The van der Waals surface area contributed by atoms with Gasteiger partial charge in [0.05, 0.1) is 6.54 Å². The van der Waals surface area contributed by atoms with Crippen LogP contribution >= 0.6 is 24.0 Å². The predicted octanol–water partition coefficient (Wildman–Crippen LogP) is 2.58. The fourth-order valence-corrected chi connectivity index (χ4v) is 2.44. The summed E-state index contributed by atoms with van der Waals surface area (Å²) in [7, 11) is 2.13. The second kappa shape index (κ2) is 9.25. The Labute approximate surface area is 145 Å². The number of nitrogens with one attached hydrogen (secondary N) is 1. The summed E-state index contributed by atoms with van der Waals surface area (Å²) in [6.45, 7) is 9.13. The summed E-state index contributed by atoms with van der Waals surface area (Å²) in [5.74, 6) is 1.02. The summed E-state index contributed by atoms with van der Waals surface area (Å²) in [5.41, 5.74) is 2.72. The van der Waals surface area contributed by atoms with Gasteiger partial charge in [0, 0.05) is 25.3 Å². The number of aliphatic imine (C=N–C) groups is 1. The molecule has 2 rings (SSSR count). The molecule has 0 atom stereocenters. The zero-order valence-corrected chi connectivity index (χ0v) is 15.6. The summed E-state index contributed by atoms with van der Waals surface area (Å²) < 4.78 is 0. The number of likely N-dealkylation sites (N-methyl/N-ethyl adjacent to an activating group) is 1. The van der Waals surface area contributed by atoms with Crippen molar-refractivity contribution >= 4 is 35.6 Å². The topological polar surface area (TPSA) is 30.9 Å². The minimum atomic E-state index is 0. The molecule has 118 valence electrons. The van der Waals surface area contributed by atoms with Crippen LogP contribution in [-0.2, 0) is 6.42 Å². The maximum absolute atomic E-state index is 4.77. The van der Waals surface area contributed by atoms with Crippen molar-refractivity contribution in [2.75, 3.05) is 44.7 Å². The van der Waals surface area contributed by atoms with Gasteiger partial charge in [-0.3, -0.25) is 4.99 Å². The van der Waals surface area contributed by atoms with Gasteiger partial charge >= 0.3 is 0 Å². The average Bonchev–Trinajstić information content (AvgIpc) is 2.90. The number of hydrogen-bond acceptors (Lipinski definition) is 2. The molecule has 21 heavy (non-hydrogen) atoms. The molecule has 1 aliphatic rings. The molecule has 5 heteroatoms. The van der Waals surface area contributed by atoms with E-state index in [1.54, 1.807) is 0 Å². The number of anilines is 1. The number of guanidine groups is 1. The third kappa shape index (κ3) is 4.85. The molecule has 4 nitrogen and oxygen atoms in total. The smallest absolute Gasteiger partial charge is 0.198 e. The van der Waals surface area contributed by atoms with Crippen LogP contribution in [0.1, 0.15) is 19.4 Å². The van der Waals surface area contributed by atoms with Gasteiger partial charge < -0.3 is 15.1 Å². The Hall–Kier alpha value is -0.820. The van der Waals surface area contributed by atoms with Gasteiger partial charge in [-0.25, -0.2) is 0 Å². The van der Waals surface area contributed by atoms with Gasteiger partial charge in [0.15, 0.2) is 5.96 Å². The van der Waals surface area contributed by atoms with E-state index in [0.717, 1.165) is 45.1 Å². The van der Waals surface area contributed by atoms with Crippen LogP contribution in [0, 0.1) is 0 Å². The second-order valence-electron chi connectivity index (χ2n) is 5.16. The first-order valence-corrected chi connectivity index (χ1v) is 7.58. The maximum Gasteiger partial charge on any atom is 0.198 e. The quantitative estimate of drug-likeness (QED) is 0.467. The van der Waals surface area contributed by atoms with E-state index >= 15 is 0 Å². The number of rotatable bonds is 5. The van der Waals surface area contributed by atoms with Crippen molar-refractivity contribution in [1.82, 2.24) is 10.2 Å². The van der Waals surface area contributed by atoms with E-state index in [4.69, 9.17) is 4.99 Å². The first kappa shape index (κ1) is 18.2. The molecule has 0 amide bonds. The molecule has 0 unspecified atom stereocenters. The van der Waals surface area contributed by atoms with Gasteiger partial charge in [0.25, 0.3) is 0 Å². The summed E-state index contributed by atoms with van der Waals surface area (Å²) in [5, 5.41) is 3.41. The van der Waals surface area contributed by atoms with Crippen molar-refractivity contribution in [3.05, 3.63) is 29.8 Å². The van der Waals surface area contributed by atoms with Crippen LogP contribution in [0.3, 0.4) is 0 Å². The molecule has 1 N–H and O–H groups in total. The predicted molar refractivity (Wildman–Crippen MR) is 102 cm³/mol. The van der Waals surface area contributed by atoms with E-state index in [9.17, 15) is 0 Å². The SMILES string of the molecule is CCNC(=NCCN(C)CC)N1CCc2ccccc21.I. The van der Waals surface area contributed by atoms with Crippen LogP contribution in [0.15, 0.2) is 29.3 Å². The summed E-state index contributed by atoms with van der Waals surface area (Å²) in [6, 6.07) is 8.62. The van der Waals surface area contributed by atoms with Crippen LogP contribution in [0.2, 0.25) is 0 Å². The number of hydrogen-bond donors (Lipinski definition) is 1. The van der Waals surface area contributed by atoms with Crippen LogP contribution < -0.4 is 10.2 Å². The standard InChI is InChI=1S/C16H26N4.HI/c1-4-17-16(18-11-13-19(3)5-2)20-12-10-14-8-6-7-9-15(14)20;/h6-9H,4-5,10-13H2,1-3H3,(H,17,18);1H. The van der Waals surface area contributed by atoms with Crippen LogP contribution in [0.4, 0.5) is 5.69 Å². The molecule has 0 radical (unpaired) electrons. The fourth-order valence-electron chi connectivity index (χ4n) is 2.44. The van der Waals surface area contributed by atoms with E-state index in [1.807, 2.05) is 0 Å². The largest absolute Gasteiger partial charge is 0.356 e. The number of benzene rings is 1. The first-order valence-electron chi connectivity index (χ1n) is 7.58. The van der Waals surface area contributed by atoms with E-state index in [2.05, 4.69) is 60.3 Å². The Morgan fingerprint density at radius 3 is 2.81 bits per heavy atom. The van der Waals surface area contributed by atoms with Crippen molar-refractivity contribution in [1.29, 1.82) is 0 Å². The van der Waals surface area contributed by atoms with Gasteiger partial charge in [-0.1, -0.05) is 25.1 Å². The van der Waals surface area contributed by atoms with Gasteiger partial charge in [-0.15, -0.1) is 24.0 Å². The highest BCUT2D eigenvalue weighted by Crippen LogP contribution is 2.27. The van der Waals surface area contributed by atoms with E-state index in [-0.39, 0.29) is 24.0 Å². The molecule has 0 saturated carbocycles. The zero-order valence-electron chi connectivity index (χ0n) is 13.3. The highest BCUT2D eigenvalue weighted by Gasteiger charge is 2.22. The van der Waals surface area contributed by atoms with Gasteiger partial charge in [-0.05, 0) is 38.6 Å². The number of halogens is 1. The minimum Gasteiger partial charge on any atom is -0.356 e. The van der Waals surface area contributed by atoms with Gasteiger partial charge in [-0.2, -0.15) is 0 Å². The Morgan fingerprint density at radius 1 is 1.33 bits per heavy atom. The molecule has 1 aromatic rings. The highest BCUT2D eigenvalue weighted by atomic mass is 127. The molecular weight excluding hydrogens is 375 g/mol. The highest BCUT2D eigenvalue weighted by molar-refractivity contribution is 14.0. The van der Waals surface area contributed by atoms with Crippen LogP contribution in [0.5, 0.6) is 0 Å². The Balaban J connectivity index is 0.00000220. The molecule has 0 aromatic heterocycles. The van der Waals surface area contributed by atoms with Crippen molar-refractivity contribution < 1.29 is 0 Å². The van der Waals surface area contributed by atoms with E-state index in [1.165, 1.54) is 11.3 Å². The average molecular weight is 402 g/mol. The molecule has 0 aliphatic carbocycles. The Kier molecular flexibility index (Phi) is 8.03. The number of para-hydroxylation sites is 1. The van der Waals surface area contributed by atoms with E-state index < -0.39 is 0 Å². The molecule has 0 saturated heterocycles. The lowest BCUT2D eigenvalue weighted by atomic mass is 10.2. The molecule has 0 fully saturated rings. The summed E-state index contributed by atoms with van der Waals surface area (Å²) >= 11 is 0. The Bertz CT molecular complexity index is 461. The van der Waals surface area contributed by atoms with Crippen molar-refractivity contribution in [3.8, 4) is 0 Å². The van der Waals surface area contributed by atoms with E-state index in [0.29, 0.717) is 0 Å². The van der Waals surface area contributed by atoms with Gasteiger partial charge in [0.1, 0.15) is 0 Å². The number of nitrogens with zero attached hydrogens (tertiary/aromatic N) is 3. The lowest BCUT2D eigenvalue weighted by Crippen LogP contribution is -2.41. The van der Waals surface area contributed by atoms with Crippen LogP contribution in [0.25, 0.3) is 0 Å². The monoisotopic (exact) mass is 402 g/mol. The third-order valence-electron chi connectivity index (χ3n) is 3.76. The maximum atomic E-state index is 4.77. The second-order valence-corrected chi connectivity index (χ2v) is 5.16. The number of fused-ring (bicyclic) bond motifs is 1. The lowest BCUT2D eigenvalue weighted by Gasteiger charge is -2.22. The summed E-state index contributed by atoms with van der Waals surface area (Å²) in [6.07, 6.45) is 1.11. The van der Waals surface area contributed by atoms with Crippen molar-refractivity contribution in [2.45, 2.75) is 20.3 Å². The Morgan fingerprint density at radius 2 is 2.10 bits per heavy atom. The molecular formula is C16H27IN4. The molecule has 1 heterocycles. The van der Waals surface area contributed by atoms with Gasteiger partial charge in [0.2, 0.25) is 0 Å². The lowest BCUT2D eigenvalue weighted by molar-refractivity contribution is 0.363. The minimum absolute atomic E-state index is 0. The van der Waals surface area contributed by atoms with Crippen molar-refractivity contribution in [3.63, 3.8) is 0 Å². The molecule has 1 aliphatic heterocycles. The third-order valence-corrected chi connectivity index (χ3v) is 3.76. The van der Waals surface area contributed by atoms with Crippen LogP contribution in [-0.4, -0.2) is 50.6 Å². The van der Waals surface area contributed by atoms with Crippen molar-refractivity contribution in [2.24, 2.45) is 4.99 Å². The summed E-state index contributed by atoms with van der Waals surface area (Å²) in [4.78, 5) is 9.37. The molecule has 0 bridgehead atoms. The normalized spacial score (nSPS) is 14.1. The molecule has 0 spiro atoms. The molecule has 1 aromatic carbocycles. The fraction of sp³-hybridized carbons (Fsp3) is 0.562. The first-order chi connectivity index (χ1) is 9.76.